The van der Waals surface area contributed by atoms with Crippen molar-refractivity contribution in [2.24, 2.45) is 5.92 Å². The molecule has 10 aliphatic rings. The first-order chi connectivity index (χ1) is 25.7. The van der Waals surface area contributed by atoms with Crippen LogP contribution in [-0.4, -0.2) is 141 Å². The molecule has 1 N–H and O–H groups in total. The average Bonchev–Trinajstić information content (AvgIpc) is 3.72. The Morgan fingerprint density at radius 1 is 0.717 bits per heavy atom. The first kappa shape index (κ1) is 37.1. The molecule has 13 nitrogen and oxygen atoms in total. The number of esters is 1. The third-order valence-corrected chi connectivity index (χ3v) is 13.7. The maximum Gasteiger partial charge on any atom is 0.308 e. The van der Waals surface area contributed by atoms with E-state index in [1.54, 1.807) is 14.2 Å². The lowest BCUT2D eigenvalue weighted by Crippen LogP contribution is -2.62. The number of rotatable bonds is 4. The molecule has 10 aliphatic heterocycles. The topological polar surface area (TPSA) is 139 Å². The molecule has 0 aromatic carbocycles. The summed E-state index contributed by atoms with van der Waals surface area (Å²) in [5, 5.41) is 9.95. The van der Waals surface area contributed by atoms with Crippen molar-refractivity contribution in [3.63, 3.8) is 0 Å². The van der Waals surface area contributed by atoms with Gasteiger partial charge in [0.15, 0.2) is 11.9 Å². The molecule has 1 unspecified atom stereocenters. The van der Waals surface area contributed by atoms with Gasteiger partial charge in [0.1, 0.15) is 48.8 Å². The van der Waals surface area contributed by atoms with Crippen molar-refractivity contribution in [1.82, 2.24) is 0 Å². The van der Waals surface area contributed by atoms with Crippen molar-refractivity contribution in [2.75, 3.05) is 20.8 Å². The molecule has 0 saturated carbocycles. The van der Waals surface area contributed by atoms with Gasteiger partial charge in [-0.2, -0.15) is 0 Å². The van der Waals surface area contributed by atoms with Crippen LogP contribution in [0.4, 0.5) is 0 Å². The number of aliphatic hydroxyl groups is 1. The van der Waals surface area contributed by atoms with Crippen LogP contribution >= 0.6 is 0 Å². The van der Waals surface area contributed by atoms with Crippen molar-refractivity contribution >= 4 is 5.97 Å². The summed E-state index contributed by atoms with van der Waals surface area (Å²) in [4.78, 5) is 14.0. The van der Waals surface area contributed by atoms with Gasteiger partial charge in [0, 0.05) is 40.1 Å². The zero-order valence-electron chi connectivity index (χ0n) is 31.3. The van der Waals surface area contributed by atoms with Crippen molar-refractivity contribution in [2.45, 2.75) is 194 Å². The van der Waals surface area contributed by atoms with Crippen molar-refractivity contribution in [3.8, 4) is 0 Å². The van der Waals surface area contributed by atoms with E-state index in [0.29, 0.717) is 32.1 Å². The fraction of sp³-hybridized carbons (Fsp3) is 0.875. The summed E-state index contributed by atoms with van der Waals surface area (Å²) in [6.45, 7) is 11.0. The summed E-state index contributed by atoms with van der Waals surface area (Å²) in [6.07, 6.45) is 2.04. The number of methoxy groups -OCH3 is 2. The monoisotopic (exact) mass is 746 g/mol. The molecule has 0 aromatic heterocycles. The predicted molar refractivity (Wildman–Crippen MR) is 186 cm³/mol. The van der Waals surface area contributed by atoms with Crippen molar-refractivity contribution < 1.29 is 62.0 Å². The van der Waals surface area contributed by atoms with Crippen molar-refractivity contribution in [1.29, 1.82) is 0 Å². The van der Waals surface area contributed by atoms with E-state index in [4.69, 9.17) is 52.1 Å². The fourth-order valence-corrected chi connectivity index (χ4v) is 11.1. The van der Waals surface area contributed by atoms with E-state index in [9.17, 15) is 9.90 Å². The first-order valence-corrected chi connectivity index (χ1v) is 20.2. The van der Waals surface area contributed by atoms with E-state index in [0.717, 1.165) is 49.7 Å². The molecule has 10 heterocycles. The highest BCUT2D eigenvalue weighted by Gasteiger charge is 2.68. The standard InChI is InChI=1S/C40H58O13/c1-19-14-22-6-8-25-20(2)15-24(45-25)10-12-40-18-30-35(52-40)37-38(50-30)39(53-40)33-26(49-37)9-7-23(47-33)16-31(42)51-34-29(17-28(46-22)21(19)3)48-27(11-13-41)32(43-4)36(34)44-5/h19,22-30,32-39,41H,2-3,6-18H2,1,4-5H3/t19-,22+,23-,24+,25+,26+,27+,28-,29+,30-,32-,33+,34+,35+,36+,37?,38-,39+,40+/m1/s1. The number of aliphatic hydroxyl groups excluding tert-OH is 1. The zero-order chi connectivity index (χ0) is 36.6. The second-order valence-corrected chi connectivity index (χ2v) is 17.1. The Labute approximate surface area is 312 Å². The molecular weight excluding hydrogens is 688 g/mol. The van der Waals surface area contributed by atoms with Crippen LogP contribution in [0.2, 0.25) is 0 Å². The molecule has 10 saturated heterocycles. The first-order valence-electron chi connectivity index (χ1n) is 20.2. The third kappa shape index (κ3) is 6.77. The van der Waals surface area contributed by atoms with E-state index in [1.807, 2.05) is 0 Å². The van der Waals surface area contributed by atoms with E-state index >= 15 is 0 Å². The zero-order valence-corrected chi connectivity index (χ0v) is 31.3. The Bertz CT molecular complexity index is 1390. The van der Waals surface area contributed by atoms with E-state index in [-0.39, 0.29) is 80.0 Å². The number of fused-ring (bicyclic) bond motifs is 6. The van der Waals surface area contributed by atoms with Gasteiger partial charge in [-0.15, -0.1) is 0 Å². The number of carbonyl (C=O) groups excluding carboxylic acids is 1. The van der Waals surface area contributed by atoms with Crippen LogP contribution in [0.1, 0.15) is 84.0 Å². The molecule has 10 rings (SSSR count). The molecule has 1 spiro atoms. The van der Waals surface area contributed by atoms with Crippen LogP contribution in [0.3, 0.4) is 0 Å². The molecule has 0 aliphatic carbocycles. The van der Waals surface area contributed by atoms with Gasteiger partial charge in [-0.25, -0.2) is 0 Å². The van der Waals surface area contributed by atoms with Gasteiger partial charge in [0.2, 0.25) is 0 Å². The minimum absolute atomic E-state index is 0.00744. The normalized spacial score (nSPS) is 52.5. The Morgan fingerprint density at radius 3 is 2.26 bits per heavy atom. The lowest BCUT2D eigenvalue weighted by atomic mass is 9.83. The largest absolute Gasteiger partial charge is 0.457 e. The Balaban J connectivity index is 1.01. The molecule has 53 heavy (non-hydrogen) atoms. The summed E-state index contributed by atoms with van der Waals surface area (Å²) in [6, 6.07) is 0. The van der Waals surface area contributed by atoms with Crippen LogP contribution in [0, 0.1) is 5.92 Å². The van der Waals surface area contributed by atoms with Gasteiger partial charge in [0.25, 0.3) is 0 Å². The summed E-state index contributed by atoms with van der Waals surface area (Å²) < 4.78 is 72.0. The van der Waals surface area contributed by atoms with Gasteiger partial charge in [-0.3, -0.25) is 4.79 Å². The van der Waals surface area contributed by atoms with Crippen LogP contribution in [0.15, 0.2) is 24.3 Å². The number of hydrogen-bond donors (Lipinski definition) is 1. The molecule has 10 fully saturated rings. The molecule has 0 radical (unpaired) electrons. The van der Waals surface area contributed by atoms with Gasteiger partial charge in [0.05, 0.1) is 55.3 Å². The Hall–Kier alpha value is -1.49. The van der Waals surface area contributed by atoms with E-state index < -0.39 is 54.5 Å². The summed E-state index contributed by atoms with van der Waals surface area (Å²) >= 11 is 0. The molecule has 13 heteroatoms. The highest BCUT2D eigenvalue weighted by Crippen LogP contribution is 2.54. The third-order valence-electron chi connectivity index (χ3n) is 13.7. The van der Waals surface area contributed by atoms with Crippen molar-refractivity contribution in [3.05, 3.63) is 24.3 Å². The molecular formula is C40H58O13. The van der Waals surface area contributed by atoms with Crippen LogP contribution in [0.5, 0.6) is 0 Å². The molecule has 12 bridgehead atoms. The number of ether oxygens (including phenoxy) is 11. The minimum atomic E-state index is -0.808. The Kier molecular flexibility index (Phi) is 10.4. The minimum Gasteiger partial charge on any atom is -0.457 e. The summed E-state index contributed by atoms with van der Waals surface area (Å²) in [5.41, 5.74) is 2.12. The molecule has 0 aromatic rings. The van der Waals surface area contributed by atoms with Gasteiger partial charge >= 0.3 is 5.97 Å². The quantitative estimate of drug-likeness (QED) is 0.332. The second kappa shape index (κ2) is 14.8. The van der Waals surface area contributed by atoms with E-state index in [2.05, 4.69) is 20.1 Å². The number of hydrogen-bond acceptors (Lipinski definition) is 13. The highest BCUT2D eigenvalue weighted by molar-refractivity contribution is 5.70. The average molecular weight is 747 g/mol. The van der Waals surface area contributed by atoms with Crippen LogP contribution in [-0.2, 0) is 56.9 Å². The van der Waals surface area contributed by atoms with E-state index in [1.165, 1.54) is 0 Å². The maximum atomic E-state index is 14.0. The molecule has 0 amide bonds. The molecule has 296 valence electrons. The highest BCUT2D eigenvalue weighted by atomic mass is 16.8. The number of carbonyl (C=O) groups is 1. The summed E-state index contributed by atoms with van der Waals surface area (Å²) in [7, 11) is 3.17. The molecule has 19 atom stereocenters. The maximum absolute atomic E-state index is 14.0. The fourth-order valence-electron chi connectivity index (χ4n) is 11.1. The smallest absolute Gasteiger partial charge is 0.308 e. The lowest BCUT2D eigenvalue weighted by Gasteiger charge is -2.48. The van der Waals surface area contributed by atoms with Gasteiger partial charge < -0.3 is 57.2 Å². The predicted octanol–water partition coefficient (Wildman–Crippen LogP) is 3.46. The van der Waals surface area contributed by atoms with Crippen LogP contribution < -0.4 is 0 Å². The van der Waals surface area contributed by atoms with Gasteiger partial charge in [-0.05, 0) is 68.4 Å². The summed E-state index contributed by atoms with van der Waals surface area (Å²) in [5.74, 6) is -0.989. The van der Waals surface area contributed by atoms with Gasteiger partial charge in [-0.1, -0.05) is 20.1 Å². The lowest BCUT2D eigenvalue weighted by molar-refractivity contribution is -0.293. The SMILES string of the molecule is C=C1C[C@@H]2CC[C@@]34C[C@H]5O[C@@H]6C(O[C@H]7CC[C@H](CC(=O)O[C@@H]8[C@@H](OC)[C@H](OC)[C@H](CCO)O[C@H]8C[C@H]8O[C@@H](CC[C@@H]1O2)C[C@@H](C)C8=C)O[C@@H]7[C@@H]6O3)[C@H]5O4. The van der Waals surface area contributed by atoms with Crippen LogP contribution in [0.25, 0.3) is 0 Å². The Morgan fingerprint density at radius 2 is 1.45 bits per heavy atom. The second-order valence-electron chi connectivity index (χ2n) is 17.1.